The van der Waals surface area contributed by atoms with E-state index in [0.717, 1.165) is 24.2 Å². The highest BCUT2D eigenvalue weighted by Gasteiger charge is 2.16. The predicted molar refractivity (Wildman–Crippen MR) is 95.3 cm³/mol. The summed E-state index contributed by atoms with van der Waals surface area (Å²) < 4.78 is 6.24. The number of H-pyrrole nitrogens is 1. The topological polar surface area (TPSA) is 106 Å². The molecule has 0 bridgehead atoms. The van der Waals surface area contributed by atoms with Gasteiger partial charge in [-0.15, -0.1) is 0 Å². The van der Waals surface area contributed by atoms with Crippen LogP contribution in [0.2, 0.25) is 0 Å². The number of nitrogens with zero attached hydrogens (tertiary/aromatic N) is 3. The number of nitrogens with one attached hydrogen (secondary N) is 2. The Morgan fingerprint density at radius 2 is 2.08 bits per heavy atom. The smallest absolute Gasteiger partial charge is 0.352 e. The van der Waals surface area contributed by atoms with Crippen molar-refractivity contribution in [3.05, 3.63) is 64.2 Å². The number of rotatable bonds is 8. The van der Waals surface area contributed by atoms with E-state index in [4.69, 9.17) is 0 Å². The van der Waals surface area contributed by atoms with Gasteiger partial charge in [-0.25, -0.2) is 9.48 Å². The van der Waals surface area contributed by atoms with Gasteiger partial charge in [0, 0.05) is 13.0 Å². The lowest BCUT2D eigenvalue weighted by molar-refractivity contribution is 0.0952. The summed E-state index contributed by atoms with van der Waals surface area (Å²) in [4.78, 5) is 25.8. The van der Waals surface area contributed by atoms with Crippen molar-refractivity contribution in [2.45, 2.75) is 32.6 Å². The van der Waals surface area contributed by atoms with E-state index in [9.17, 15) is 9.59 Å². The van der Waals surface area contributed by atoms with Crippen LogP contribution in [-0.2, 0) is 12.8 Å². The van der Waals surface area contributed by atoms with E-state index in [-0.39, 0.29) is 5.91 Å². The first-order valence-corrected chi connectivity index (χ1v) is 8.64. The van der Waals surface area contributed by atoms with Gasteiger partial charge in [0.05, 0.1) is 23.1 Å². The predicted octanol–water partition coefficient (Wildman–Crippen LogP) is 1.86. The standard InChI is InChI=1S/C18H21N5O3/c1-2-15-14(12-20-23(15)13-8-4-3-5-9-13)17(24)19-11-7-6-10-16-21-18(25)26-22-16/h3-5,8-9,12H,2,6-7,10-11H2,1H3,(H,19,24)(H,21,22,25). The minimum absolute atomic E-state index is 0.126. The molecule has 136 valence electrons. The third kappa shape index (κ3) is 4.08. The van der Waals surface area contributed by atoms with Crippen LogP contribution in [0.15, 0.2) is 45.8 Å². The fourth-order valence-corrected chi connectivity index (χ4v) is 2.78. The number of hydrogen-bond donors (Lipinski definition) is 2. The van der Waals surface area contributed by atoms with E-state index in [1.807, 2.05) is 37.3 Å². The number of carbonyl (C=O) groups excluding carboxylic acids is 1. The number of aromatic amines is 1. The number of unbranched alkanes of at least 4 members (excludes halogenated alkanes) is 1. The highest BCUT2D eigenvalue weighted by Crippen LogP contribution is 2.15. The second-order valence-electron chi connectivity index (χ2n) is 5.86. The molecule has 1 amide bonds. The largest absolute Gasteiger partial charge is 0.438 e. The summed E-state index contributed by atoms with van der Waals surface area (Å²) in [5.41, 5.74) is 2.41. The van der Waals surface area contributed by atoms with Crippen molar-refractivity contribution in [1.29, 1.82) is 0 Å². The zero-order valence-electron chi connectivity index (χ0n) is 14.6. The third-order valence-electron chi connectivity index (χ3n) is 4.06. The molecule has 0 radical (unpaired) electrons. The SMILES string of the molecule is CCc1c(C(=O)NCCCCc2noc(=O)[nH]2)cnn1-c1ccccc1. The van der Waals surface area contributed by atoms with Crippen molar-refractivity contribution in [3.63, 3.8) is 0 Å². The van der Waals surface area contributed by atoms with Crippen LogP contribution in [-0.4, -0.2) is 32.4 Å². The van der Waals surface area contributed by atoms with Gasteiger partial charge in [0.2, 0.25) is 0 Å². The normalized spacial score (nSPS) is 10.8. The quantitative estimate of drug-likeness (QED) is 0.600. The molecule has 3 rings (SSSR count). The van der Waals surface area contributed by atoms with Gasteiger partial charge < -0.3 is 5.32 Å². The van der Waals surface area contributed by atoms with Crippen LogP contribution in [0, 0.1) is 0 Å². The summed E-state index contributed by atoms with van der Waals surface area (Å²) in [6, 6.07) is 9.75. The van der Waals surface area contributed by atoms with E-state index < -0.39 is 5.76 Å². The van der Waals surface area contributed by atoms with Crippen LogP contribution in [0.4, 0.5) is 0 Å². The highest BCUT2D eigenvalue weighted by molar-refractivity contribution is 5.95. The maximum absolute atomic E-state index is 12.5. The van der Waals surface area contributed by atoms with Gasteiger partial charge >= 0.3 is 5.76 Å². The Balaban J connectivity index is 1.54. The first-order chi connectivity index (χ1) is 12.7. The Kier molecular flexibility index (Phi) is 5.62. The van der Waals surface area contributed by atoms with Crippen LogP contribution < -0.4 is 11.1 Å². The molecule has 0 aliphatic carbocycles. The van der Waals surface area contributed by atoms with Crippen LogP contribution >= 0.6 is 0 Å². The second-order valence-corrected chi connectivity index (χ2v) is 5.86. The molecule has 2 aromatic heterocycles. The van der Waals surface area contributed by atoms with Gasteiger partial charge in [-0.3, -0.25) is 14.3 Å². The molecule has 2 N–H and O–H groups in total. The minimum Gasteiger partial charge on any atom is -0.352 e. The number of para-hydroxylation sites is 1. The molecule has 0 aliphatic heterocycles. The number of aryl methyl sites for hydroxylation is 1. The molecule has 2 heterocycles. The van der Waals surface area contributed by atoms with Crippen LogP contribution in [0.25, 0.3) is 5.69 Å². The molecule has 8 heteroatoms. The van der Waals surface area contributed by atoms with Gasteiger partial charge in [0.25, 0.3) is 5.91 Å². The van der Waals surface area contributed by atoms with Gasteiger partial charge in [-0.05, 0) is 31.4 Å². The van der Waals surface area contributed by atoms with Crippen LogP contribution in [0.3, 0.4) is 0 Å². The minimum atomic E-state index is -0.546. The average Bonchev–Trinajstić information content (AvgIpc) is 3.28. The van der Waals surface area contributed by atoms with Crippen molar-refractivity contribution < 1.29 is 9.32 Å². The summed E-state index contributed by atoms with van der Waals surface area (Å²) in [6.45, 7) is 2.55. The Hall–Kier alpha value is -3.16. The van der Waals surface area contributed by atoms with Gasteiger partial charge in [0.15, 0.2) is 5.82 Å². The Labute approximate surface area is 150 Å². The number of aromatic nitrogens is 4. The van der Waals surface area contributed by atoms with E-state index in [2.05, 4.69) is 25.1 Å². The van der Waals surface area contributed by atoms with Crippen molar-refractivity contribution in [3.8, 4) is 5.69 Å². The summed E-state index contributed by atoms with van der Waals surface area (Å²) in [7, 11) is 0. The van der Waals surface area contributed by atoms with Crippen molar-refractivity contribution in [2.75, 3.05) is 6.54 Å². The molecule has 1 aromatic carbocycles. The summed E-state index contributed by atoms with van der Waals surface area (Å²) >= 11 is 0. The fourth-order valence-electron chi connectivity index (χ4n) is 2.78. The summed E-state index contributed by atoms with van der Waals surface area (Å²) in [5, 5.41) is 10.9. The molecule has 0 saturated heterocycles. The van der Waals surface area contributed by atoms with E-state index >= 15 is 0 Å². The van der Waals surface area contributed by atoms with Crippen molar-refractivity contribution >= 4 is 5.91 Å². The van der Waals surface area contributed by atoms with Crippen molar-refractivity contribution in [1.82, 2.24) is 25.2 Å². The fraction of sp³-hybridized carbons (Fsp3) is 0.333. The summed E-state index contributed by atoms with van der Waals surface area (Å²) in [5.74, 6) is -0.145. The molecule has 0 spiro atoms. The van der Waals surface area contributed by atoms with Crippen LogP contribution in [0.5, 0.6) is 0 Å². The lowest BCUT2D eigenvalue weighted by atomic mass is 10.1. The lowest BCUT2D eigenvalue weighted by Gasteiger charge is -2.08. The van der Waals surface area contributed by atoms with Gasteiger partial charge in [-0.1, -0.05) is 30.3 Å². The molecular weight excluding hydrogens is 334 g/mol. The first kappa shape index (κ1) is 17.7. The molecule has 0 atom stereocenters. The van der Waals surface area contributed by atoms with Crippen LogP contribution in [0.1, 0.15) is 41.6 Å². The Morgan fingerprint density at radius 1 is 1.27 bits per heavy atom. The van der Waals surface area contributed by atoms with Crippen molar-refractivity contribution in [2.24, 2.45) is 0 Å². The third-order valence-corrected chi connectivity index (χ3v) is 4.06. The second kappa shape index (κ2) is 8.28. The molecule has 0 aliphatic rings. The van der Waals surface area contributed by atoms with Gasteiger partial charge in [-0.2, -0.15) is 5.10 Å². The van der Waals surface area contributed by atoms with Gasteiger partial charge in [0.1, 0.15) is 0 Å². The Bertz CT molecular complexity index is 910. The van der Waals surface area contributed by atoms with E-state index in [0.29, 0.717) is 30.8 Å². The zero-order chi connectivity index (χ0) is 18.4. The average molecular weight is 355 g/mol. The monoisotopic (exact) mass is 355 g/mol. The number of benzene rings is 1. The molecule has 3 aromatic rings. The Morgan fingerprint density at radius 3 is 2.77 bits per heavy atom. The van der Waals surface area contributed by atoms with E-state index in [1.165, 1.54) is 0 Å². The maximum Gasteiger partial charge on any atom is 0.438 e. The molecule has 0 fully saturated rings. The number of hydrogen-bond acceptors (Lipinski definition) is 5. The lowest BCUT2D eigenvalue weighted by Crippen LogP contribution is -2.25. The molecular formula is C18H21N5O3. The number of amides is 1. The highest BCUT2D eigenvalue weighted by atomic mass is 16.5. The zero-order valence-corrected chi connectivity index (χ0v) is 14.6. The summed E-state index contributed by atoms with van der Waals surface area (Å²) in [6.07, 6.45) is 4.48. The molecule has 0 saturated carbocycles. The van der Waals surface area contributed by atoms with E-state index in [1.54, 1.807) is 10.9 Å². The first-order valence-electron chi connectivity index (χ1n) is 8.64. The molecule has 8 nitrogen and oxygen atoms in total. The molecule has 0 unspecified atom stereocenters. The molecule has 26 heavy (non-hydrogen) atoms. The number of carbonyl (C=O) groups is 1. The maximum atomic E-state index is 12.5.